The molecule has 1 aromatic heterocycles. The second-order valence-electron chi connectivity index (χ2n) is 1.69. The third kappa shape index (κ3) is 5.89. The fourth-order valence-corrected chi connectivity index (χ4v) is 0.547. The van der Waals surface area contributed by atoms with Crippen molar-refractivity contribution in [1.82, 2.24) is 15.2 Å². The molecule has 3 heteroatoms. The van der Waals surface area contributed by atoms with Crippen LogP contribution in [-0.2, 0) is 6.42 Å². The van der Waals surface area contributed by atoms with Crippen LogP contribution in [0.3, 0.4) is 0 Å². The van der Waals surface area contributed by atoms with Gasteiger partial charge in [0, 0.05) is 6.42 Å². The zero-order valence-corrected chi connectivity index (χ0v) is 9.10. The van der Waals surface area contributed by atoms with Crippen LogP contribution in [0.25, 0.3) is 0 Å². The van der Waals surface area contributed by atoms with Crippen LogP contribution in [0.5, 0.6) is 0 Å². The minimum absolute atomic E-state index is 0.891. The second-order valence-corrected chi connectivity index (χ2v) is 1.69. The highest BCUT2D eigenvalue weighted by molar-refractivity contribution is 4.85. The van der Waals surface area contributed by atoms with Crippen molar-refractivity contribution in [3.05, 3.63) is 11.6 Å². The standard InChI is InChI=1S/C5H9N3.2C2H6/c1-3-5-6-4(2)7-8-5;2*1-2/h3H2,1-2H3,(H,6,7,8);2*1-2H3. The zero-order chi connectivity index (χ0) is 9.98. The monoisotopic (exact) mass is 171 g/mol. The van der Waals surface area contributed by atoms with E-state index in [1.165, 1.54) is 0 Å². The summed E-state index contributed by atoms with van der Waals surface area (Å²) in [4.78, 5) is 4.06. The smallest absolute Gasteiger partial charge is 0.150 e. The highest BCUT2D eigenvalue weighted by atomic mass is 15.2. The third-order valence-corrected chi connectivity index (χ3v) is 0.960. The van der Waals surface area contributed by atoms with Gasteiger partial charge in [0.2, 0.25) is 0 Å². The van der Waals surface area contributed by atoms with Crippen molar-refractivity contribution in [2.24, 2.45) is 0 Å². The van der Waals surface area contributed by atoms with E-state index in [4.69, 9.17) is 0 Å². The predicted molar refractivity (Wildman–Crippen MR) is 53.2 cm³/mol. The second kappa shape index (κ2) is 10.1. The number of H-pyrrole nitrogens is 1. The molecular weight excluding hydrogens is 150 g/mol. The van der Waals surface area contributed by atoms with Gasteiger partial charge in [0.15, 0.2) is 0 Å². The fraction of sp³-hybridized carbons (Fsp3) is 0.778. The Hall–Kier alpha value is -0.860. The van der Waals surface area contributed by atoms with E-state index in [9.17, 15) is 0 Å². The Morgan fingerprint density at radius 2 is 1.67 bits per heavy atom. The van der Waals surface area contributed by atoms with Gasteiger partial charge in [-0.2, -0.15) is 5.10 Å². The van der Waals surface area contributed by atoms with Crippen LogP contribution in [0.1, 0.15) is 46.3 Å². The van der Waals surface area contributed by atoms with Gasteiger partial charge in [-0.05, 0) is 6.92 Å². The molecule has 1 rings (SSSR count). The molecule has 0 aromatic carbocycles. The van der Waals surface area contributed by atoms with Crippen molar-refractivity contribution in [1.29, 1.82) is 0 Å². The number of aryl methyl sites for hydroxylation is 2. The van der Waals surface area contributed by atoms with Crippen LogP contribution in [0.4, 0.5) is 0 Å². The van der Waals surface area contributed by atoms with Crippen LogP contribution >= 0.6 is 0 Å². The van der Waals surface area contributed by atoms with E-state index >= 15 is 0 Å². The van der Waals surface area contributed by atoms with Gasteiger partial charge in [-0.1, -0.05) is 34.6 Å². The quantitative estimate of drug-likeness (QED) is 0.706. The summed E-state index contributed by atoms with van der Waals surface area (Å²) in [6.07, 6.45) is 0.907. The molecule has 12 heavy (non-hydrogen) atoms. The Morgan fingerprint density at radius 3 is 1.83 bits per heavy atom. The van der Waals surface area contributed by atoms with Gasteiger partial charge in [-0.25, -0.2) is 4.98 Å². The van der Waals surface area contributed by atoms with E-state index in [1.807, 2.05) is 41.5 Å². The summed E-state index contributed by atoms with van der Waals surface area (Å²) in [6.45, 7) is 11.9. The predicted octanol–water partition coefficient (Wildman–Crippen LogP) is 2.73. The molecule has 1 aromatic rings. The molecule has 0 aliphatic carbocycles. The van der Waals surface area contributed by atoms with Gasteiger partial charge in [-0.3, -0.25) is 5.10 Å². The summed E-state index contributed by atoms with van der Waals surface area (Å²) in [5.41, 5.74) is 0. The lowest BCUT2D eigenvalue weighted by molar-refractivity contribution is 0.945. The molecule has 0 bridgehead atoms. The van der Waals surface area contributed by atoms with Gasteiger partial charge >= 0.3 is 0 Å². The molecule has 0 unspecified atom stereocenters. The van der Waals surface area contributed by atoms with Gasteiger partial charge in [-0.15, -0.1) is 0 Å². The molecule has 3 nitrogen and oxygen atoms in total. The molecule has 0 spiro atoms. The van der Waals surface area contributed by atoms with Crippen LogP contribution < -0.4 is 0 Å². The number of nitrogens with zero attached hydrogens (tertiary/aromatic N) is 2. The number of hydrogen-bond donors (Lipinski definition) is 1. The summed E-state index contributed by atoms with van der Waals surface area (Å²) in [5, 5.41) is 6.66. The Labute approximate surface area is 75.6 Å². The van der Waals surface area contributed by atoms with Crippen LogP contribution in [-0.4, -0.2) is 15.2 Å². The highest BCUT2D eigenvalue weighted by Crippen LogP contribution is 1.88. The Morgan fingerprint density at radius 1 is 1.17 bits per heavy atom. The molecular formula is C9H21N3. The van der Waals surface area contributed by atoms with Gasteiger partial charge < -0.3 is 0 Å². The number of hydrogen-bond acceptors (Lipinski definition) is 2. The molecule has 0 amide bonds. The molecule has 0 saturated heterocycles. The summed E-state index contributed by atoms with van der Waals surface area (Å²) < 4.78 is 0. The Kier molecular flexibility index (Phi) is 11.6. The number of nitrogens with one attached hydrogen (secondary N) is 1. The summed E-state index contributed by atoms with van der Waals surface area (Å²) in [6, 6.07) is 0. The first kappa shape index (κ1) is 13.7. The average Bonchev–Trinajstić information content (AvgIpc) is 2.58. The largest absolute Gasteiger partial charge is 0.263 e. The van der Waals surface area contributed by atoms with E-state index in [0.717, 1.165) is 18.1 Å². The number of aromatic amines is 1. The minimum Gasteiger partial charge on any atom is -0.263 e. The molecule has 1 heterocycles. The van der Waals surface area contributed by atoms with Crippen molar-refractivity contribution in [3.63, 3.8) is 0 Å². The first-order valence-corrected chi connectivity index (χ1v) is 4.71. The lowest BCUT2D eigenvalue weighted by Crippen LogP contribution is -1.80. The maximum Gasteiger partial charge on any atom is 0.150 e. The summed E-state index contributed by atoms with van der Waals surface area (Å²) in [5.74, 6) is 1.78. The molecule has 1 N–H and O–H groups in total. The molecule has 0 aliphatic heterocycles. The minimum atomic E-state index is 0.891. The van der Waals surface area contributed by atoms with Crippen molar-refractivity contribution in [2.75, 3.05) is 0 Å². The van der Waals surface area contributed by atoms with Crippen molar-refractivity contribution >= 4 is 0 Å². The molecule has 0 atom stereocenters. The van der Waals surface area contributed by atoms with Crippen LogP contribution in [0.2, 0.25) is 0 Å². The summed E-state index contributed by atoms with van der Waals surface area (Å²) in [7, 11) is 0. The van der Waals surface area contributed by atoms with Crippen molar-refractivity contribution in [2.45, 2.75) is 48.0 Å². The van der Waals surface area contributed by atoms with Gasteiger partial charge in [0.25, 0.3) is 0 Å². The number of aromatic nitrogens is 3. The maximum atomic E-state index is 4.06. The molecule has 72 valence electrons. The fourth-order valence-electron chi connectivity index (χ4n) is 0.547. The van der Waals surface area contributed by atoms with Crippen molar-refractivity contribution < 1.29 is 0 Å². The summed E-state index contributed by atoms with van der Waals surface area (Å²) >= 11 is 0. The van der Waals surface area contributed by atoms with E-state index in [2.05, 4.69) is 15.2 Å². The molecule has 0 radical (unpaired) electrons. The Bertz CT molecular complexity index is 170. The van der Waals surface area contributed by atoms with Crippen molar-refractivity contribution in [3.8, 4) is 0 Å². The van der Waals surface area contributed by atoms with Crippen LogP contribution in [0.15, 0.2) is 0 Å². The number of rotatable bonds is 1. The van der Waals surface area contributed by atoms with Gasteiger partial charge in [0.05, 0.1) is 0 Å². The first-order valence-electron chi connectivity index (χ1n) is 4.71. The van der Waals surface area contributed by atoms with E-state index < -0.39 is 0 Å². The van der Waals surface area contributed by atoms with Crippen LogP contribution in [0, 0.1) is 6.92 Å². The van der Waals surface area contributed by atoms with E-state index in [0.29, 0.717) is 0 Å². The maximum absolute atomic E-state index is 4.06. The zero-order valence-electron chi connectivity index (χ0n) is 9.10. The Balaban J connectivity index is 0. The molecule has 0 fully saturated rings. The first-order chi connectivity index (χ1) is 5.83. The average molecular weight is 171 g/mol. The highest BCUT2D eigenvalue weighted by Gasteiger charge is 1.91. The normalized spacial score (nSPS) is 7.50. The molecule has 0 saturated carbocycles. The SMILES string of the molecule is CC.CC.CCc1n[nH]c(C)n1. The molecule has 0 aliphatic rings. The van der Waals surface area contributed by atoms with E-state index in [-0.39, 0.29) is 0 Å². The lowest BCUT2D eigenvalue weighted by atomic mass is 10.5. The van der Waals surface area contributed by atoms with E-state index in [1.54, 1.807) is 0 Å². The van der Waals surface area contributed by atoms with Gasteiger partial charge in [0.1, 0.15) is 11.6 Å². The topological polar surface area (TPSA) is 41.6 Å². The third-order valence-electron chi connectivity index (χ3n) is 0.960. The lowest BCUT2D eigenvalue weighted by Gasteiger charge is -1.76.